The fourth-order valence-electron chi connectivity index (χ4n) is 18.3. The van der Waals surface area contributed by atoms with Gasteiger partial charge in [-0.25, -0.2) is 46.7 Å². The summed E-state index contributed by atoms with van der Waals surface area (Å²) < 4.78 is 86.5. The maximum atomic E-state index is 13.7. The van der Waals surface area contributed by atoms with Gasteiger partial charge in [0.2, 0.25) is 0 Å². The lowest BCUT2D eigenvalue weighted by Gasteiger charge is -2.25. The Kier molecular flexibility index (Phi) is 47.2. The van der Waals surface area contributed by atoms with Crippen LogP contribution in [0.1, 0.15) is 291 Å². The van der Waals surface area contributed by atoms with Crippen molar-refractivity contribution in [3.8, 4) is 11.5 Å². The zero-order chi connectivity index (χ0) is 105. The van der Waals surface area contributed by atoms with E-state index in [1.165, 1.54) is 135 Å². The molecule has 0 aromatic heterocycles. The fourth-order valence-corrected chi connectivity index (χ4v) is 18.8. The number of aliphatic hydroxyl groups excluding tert-OH is 1. The zero-order valence-electron chi connectivity index (χ0n) is 85.8. The Morgan fingerprint density at radius 2 is 0.544 bits per heavy atom. The number of ether oxygens (including phenoxy) is 9. The van der Waals surface area contributed by atoms with Gasteiger partial charge in [-0.1, -0.05) is 143 Å². The first-order valence-corrected chi connectivity index (χ1v) is 52.5. The van der Waals surface area contributed by atoms with Crippen LogP contribution in [0.4, 0.5) is 74.8 Å². The Morgan fingerprint density at radius 1 is 0.279 bits per heavy atom. The number of esters is 6. The number of rotatable bonds is 39. The van der Waals surface area contributed by atoms with Crippen molar-refractivity contribution in [1.29, 1.82) is 0 Å². The number of aliphatic hydroxyl groups is 1. The van der Waals surface area contributed by atoms with Gasteiger partial charge in [0, 0.05) is 73.5 Å². The number of carbonyl (C=O) groups excluding carboxylic acids is 7. The van der Waals surface area contributed by atoms with Crippen molar-refractivity contribution in [2.45, 2.75) is 265 Å². The molecule has 147 heavy (non-hydrogen) atoms. The summed E-state index contributed by atoms with van der Waals surface area (Å²) in [5.41, 5.74) is 17.0. The monoisotopic (exact) mass is 2080 g/mol. The van der Waals surface area contributed by atoms with Crippen LogP contribution in [0.2, 0.25) is 0 Å². The summed E-state index contributed by atoms with van der Waals surface area (Å²) in [7, 11) is 4.25. The van der Waals surface area contributed by atoms with Gasteiger partial charge in [-0.15, -0.1) is 0 Å². The molecule has 11 N–H and O–H groups in total. The molecule has 788 valence electrons. The van der Waals surface area contributed by atoms with Crippen molar-refractivity contribution in [2.75, 3.05) is 108 Å². The second-order valence-electron chi connectivity index (χ2n) is 36.9. The van der Waals surface area contributed by atoms with E-state index in [2.05, 4.69) is 73.8 Å². The van der Waals surface area contributed by atoms with Gasteiger partial charge in [0.05, 0.1) is 151 Å². The Labute approximate surface area is 870 Å². The van der Waals surface area contributed by atoms with Gasteiger partial charge in [0.1, 0.15) is 29.0 Å². The molecule has 0 aliphatic heterocycles. The third kappa shape index (κ3) is 38.0. The lowest BCUT2D eigenvalue weighted by molar-refractivity contribution is 0.0517. The highest BCUT2D eigenvalue weighted by Crippen LogP contribution is 2.37. The first-order chi connectivity index (χ1) is 71.4. The van der Waals surface area contributed by atoms with E-state index < -0.39 is 23.8 Å². The van der Waals surface area contributed by atoms with Gasteiger partial charge in [-0.2, -0.15) is 0 Å². The number of benzene rings is 10. The maximum Gasteiger partial charge on any atom is 0.513 e. The average molecular weight is 2090 g/mol. The molecule has 27 nitrogen and oxygen atoms in total. The van der Waals surface area contributed by atoms with Crippen molar-refractivity contribution < 1.29 is 94.5 Å². The zero-order valence-corrected chi connectivity index (χ0v) is 87.4. The predicted molar refractivity (Wildman–Crippen MR) is 578 cm³/mol. The highest BCUT2D eigenvalue weighted by Gasteiger charge is 2.25. The number of methoxy groups -OCH3 is 3. The van der Waals surface area contributed by atoms with Crippen LogP contribution in [0.25, 0.3) is 0 Å². The number of carbonyl (C=O) groups is 7. The summed E-state index contributed by atoms with van der Waals surface area (Å²) in [4.78, 5) is 83.7. The molecule has 0 atom stereocenters. The Bertz CT molecular complexity index is 5670. The summed E-state index contributed by atoms with van der Waals surface area (Å²) >= 11 is 3.33. The fraction of sp³-hybridized carbons (Fsp3) is 0.422. The number of hydrogen-bond acceptors (Lipinski definition) is 27. The molecule has 31 heteroatoms. The average Bonchev–Trinajstić information content (AvgIpc) is 0.842. The Morgan fingerprint density at radius 3 is 0.816 bits per heavy atom. The first kappa shape index (κ1) is 114. The van der Waals surface area contributed by atoms with Crippen LogP contribution in [-0.4, -0.2) is 132 Å². The second-order valence-corrected chi connectivity index (χ2v) is 37.8. The smallest absolute Gasteiger partial charge is 0.497 e. The molecule has 15 rings (SSSR count). The van der Waals surface area contributed by atoms with Crippen molar-refractivity contribution in [1.82, 2.24) is 0 Å². The van der Waals surface area contributed by atoms with Crippen molar-refractivity contribution in [2.24, 2.45) is 0 Å². The SMILES string of the molecule is CCOC(=O)c1ccc(NC2CCCCC2)c(NCc2cc(CO)cc(OC)c2)c1.CCOC(=O)c1ccc(NC2CCCCC2)c(NCc2cc(F)cc(Br)c2)c1.CCOC(=O)c1ccc(NC2CCCCC2)c(NCc2cc(F)cc(F)c2)c1.CCOC(=O)c1ccc(NC2CCCCC2)c(NCc2ccc(C(=O)OC)cc2)c1.CCOC(=O)c1ccc(NC2CCCCC2)c(NCc2ccc(OC(=O)OC)cc2)c1. The van der Waals surface area contributed by atoms with E-state index in [0.717, 1.165) is 149 Å². The summed E-state index contributed by atoms with van der Waals surface area (Å²) in [6, 6.07) is 58.1. The molecule has 5 aliphatic rings. The third-order valence-corrected chi connectivity index (χ3v) is 26.3. The van der Waals surface area contributed by atoms with Crippen molar-refractivity contribution >= 4 is 115 Å². The van der Waals surface area contributed by atoms with Crippen LogP contribution in [0, 0.1) is 17.5 Å². The van der Waals surface area contributed by atoms with Crippen molar-refractivity contribution in [3.05, 3.63) is 283 Å². The molecule has 0 amide bonds. The lowest BCUT2D eigenvalue weighted by Crippen LogP contribution is -2.23. The van der Waals surface area contributed by atoms with E-state index in [1.54, 1.807) is 102 Å². The first-order valence-electron chi connectivity index (χ1n) is 51.7. The summed E-state index contributed by atoms with van der Waals surface area (Å²) in [6.07, 6.45) is 29.5. The Balaban J connectivity index is 0.000000175. The number of anilines is 10. The summed E-state index contributed by atoms with van der Waals surface area (Å²) in [6.45, 7) is 12.9. The van der Waals surface area contributed by atoms with Gasteiger partial charge < -0.3 is 101 Å². The molecule has 0 bridgehead atoms. The van der Waals surface area contributed by atoms with Crippen LogP contribution in [0.3, 0.4) is 0 Å². The third-order valence-electron chi connectivity index (χ3n) is 25.8. The van der Waals surface area contributed by atoms with Crippen LogP contribution in [0.15, 0.2) is 199 Å². The Hall–Kier alpha value is -13.7. The molecule has 0 unspecified atom stereocenters. The van der Waals surface area contributed by atoms with Gasteiger partial charge in [-0.3, -0.25) is 0 Å². The molecule has 5 aliphatic carbocycles. The molecule has 10 aromatic rings. The minimum Gasteiger partial charge on any atom is -0.497 e. The minimum absolute atomic E-state index is 0.0446. The topological polar surface area (TPSA) is 343 Å². The van der Waals surface area contributed by atoms with Crippen LogP contribution >= 0.6 is 15.9 Å². The van der Waals surface area contributed by atoms with Gasteiger partial charge in [0.15, 0.2) is 0 Å². The molecule has 0 spiro atoms. The minimum atomic E-state index is -0.750. The van der Waals surface area contributed by atoms with E-state index in [9.17, 15) is 51.8 Å². The van der Waals surface area contributed by atoms with Crippen LogP contribution in [0.5, 0.6) is 11.5 Å². The van der Waals surface area contributed by atoms with Crippen LogP contribution in [-0.2, 0) is 72.5 Å². The maximum absolute atomic E-state index is 13.7. The highest BCUT2D eigenvalue weighted by molar-refractivity contribution is 9.10. The van der Waals surface area contributed by atoms with E-state index in [1.807, 2.05) is 103 Å². The largest absolute Gasteiger partial charge is 0.513 e. The van der Waals surface area contributed by atoms with Gasteiger partial charge >= 0.3 is 42.0 Å². The van der Waals surface area contributed by atoms with E-state index in [-0.39, 0.29) is 48.8 Å². The molecule has 5 fully saturated rings. The second kappa shape index (κ2) is 61.1. The molecular weight excluding hydrogens is 1940 g/mol. The molecule has 0 heterocycles. The van der Waals surface area contributed by atoms with E-state index >= 15 is 0 Å². The molecule has 0 radical (unpaired) electrons. The van der Waals surface area contributed by atoms with Gasteiger partial charge in [-0.05, 0) is 290 Å². The molecule has 10 aromatic carbocycles. The van der Waals surface area contributed by atoms with Crippen LogP contribution < -0.4 is 62.6 Å². The number of halogens is 4. The van der Waals surface area contributed by atoms with Gasteiger partial charge in [0.25, 0.3) is 0 Å². The molecule has 5 saturated carbocycles. The normalized spacial score (nSPS) is 14.2. The summed E-state index contributed by atoms with van der Waals surface area (Å²) in [5.74, 6) is -2.47. The predicted octanol–water partition coefficient (Wildman–Crippen LogP) is 26.7. The molecular formula is C116H144BrF3N10O17. The lowest BCUT2D eigenvalue weighted by atomic mass is 9.95. The highest BCUT2D eigenvalue weighted by atomic mass is 79.9. The number of hydrogen-bond donors (Lipinski definition) is 11. The van der Waals surface area contributed by atoms with E-state index in [4.69, 9.17) is 37.9 Å². The number of nitrogens with one attached hydrogen (secondary N) is 10. The van der Waals surface area contributed by atoms with Crippen molar-refractivity contribution in [3.63, 3.8) is 0 Å². The molecule has 0 saturated heterocycles. The van der Waals surface area contributed by atoms with E-state index in [0.29, 0.717) is 150 Å². The standard InChI is InChI=1S/C24H30N2O5.C24H30N2O4.C24H32N2O4.C22H26BrFN2O2.C22H26F2N2O2/c1-3-30-23(27)18-11-14-21(26-19-7-5-4-6-8-19)22(15-18)25-16-17-9-12-20(13-10-17)31-24(28)29-2;1-3-30-24(28)19-13-14-21(26-20-7-5-4-6-8-20)22(15-19)25-16-17-9-11-18(12-10-17)23(27)29-2;1-3-30-24(28)19-9-10-22(26-20-7-5-4-6-8-20)23(14-19)25-15-17-11-18(16-27)13-21(12-17)29-2;2*1-2-28-22(27)16-8-9-20(26-19-6-4-3-5-7-19)21(12-16)25-14-15-10-17(23)13-18(24)11-15/h9-15,19,25-26H,3-8,16H2,1-2H3;9-15,20,25-26H,3-8,16H2,1-2H3;9-14,20,25-27H,3-8,15-16H2,1-2H3;2*8-13,19,25-26H,2-7,14H2,1H3. The quantitative estimate of drug-likeness (QED) is 0.00968. The summed E-state index contributed by atoms with van der Waals surface area (Å²) in [5, 5.41) is 44.5.